The first-order chi connectivity index (χ1) is 19.7. The van der Waals surface area contributed by atoms with Crippen molar-refractivity contribution in [3.8, 4) is 23.8 Å². The molecule has 1 aliphatic rings. The van der Waals surface area contributed by atoms with Crippen LogP contribution in [-0.2, 0) is 9.59 Å². The molecule has 0 unspecified atom stereocenters. The normalized spacial score (nSPS) is 17.2. The van der Waals surface area contributed by atoms with Gasteiger partial charge in [-0.3, -0.25) is 9.59 Å². The van der Waals surface area contributed by atoms with Crippen LogP contribution in [0.15, 0.2) is 42.6 Å². The van der Waals surface area contributed by atoms with Crippen LogP contribution in [0, 0.1) is 29.1 Å². The van der Waals surface area contributed by atoms with E-state index in [1.165, 1.54) is 11.0 Å². The summed E-state index contributed by atoms with van der Waals surface area (Å²) in [7, 11) is 5.50. The molecule has 10 heteroatoms. The van der Waals surface area contributed by atoms with Gasteiger partial charge in [0.15, 0.2) is 0 Å². The van der Waals surface area contributed by atoms with Crippen molar-refractivity contribution < 1.29 is 14.3 Å². The summed E-state index contributed by atoms with van der Waals surface area (Å²) in [5.74, 6) is 7.02. The third kappa shape index (κ3) is 9.63. The number of amides is 2. The standard InChI is InChI=1S/C31H39N7O3/c1-6-41-30-25(21-33-31(36-30)35-26-16-13-24(20-32)14-17-26)15-12-23-9-7-10-27(19-23)34-29(40)22(2)38(5)28(39)11-8-18-37(3)4/h8,11,13-14,16-17,21-23,27H,6-7,9-10,18-19H2,1-5H3,(H,34,40)(H,33,35,36)/b11-8+/t22-,23-,27-/m0/s1. The smallest absolute Gasteiger partial charge is 0.246 e. The van der Waals surface area contributed by atoms with Gasteiger partial charge in [-0.2, -0.15) is 10.2 Å². The first-order valence-electron chi connectivity index (χ1n) is 13.9. The second-order valence-electron chi connectivity index (χ2n) is 10.3. The summed E-state index contributed by atoms with van der Waals surface area (Å²) < 4.78 is 5.74. The van der Waals surface area contributed by atoms with Gasteiger partial charge in [0, 0.05) is 37.3 Å². The molecule has 3 atom stereocenters. The van der Waals surface area contributed by atoms with Crippen LogP contribution in [0.5, 0.6) is 5.88 Å². The molecule has 216 valence electrons. The molecule has 0 bridgehead atoms. The van der Waals surface area contributed by atoms with Gasteiger partial charge >= 0.3 is 0 Å². The van der Waals surface area contributed by atoms with E-state index in [1.807, 2.05) is 25.9 Å². The maximum atomic E-state index is 12.9. The Labute approximate surface area is 242 Å². The summed E-state index contributed by atoms with van der Waals surface area (Å²) in [5.41, 5.74) is 1.92. The third-order valence-corrected chi connectivity index (χ3v) is 6.78. The predicted molar refractivity (Wildman–Crippen MR) is 158 cm³/mol. The number of anilines is 2. The molecule has 1 aliphatic carbocycles. The molecule has 3 rings (SSSR count). The van der Waals surface area contributed by atoms with Crippen LogP contribution in [0.25, 0.3) is 0 Å². The van der Waals surface area contributed by atoms with Crippen LogP contribution in [0.2, 0.25) is 0 Å². The van der Waals surface area contributed by atoms with Gasteiger partial charge in [0.1, 0.15) is 11.6 Å². The number of hydrogen-bond donors (Lipinski definition) is 2. The highest BCUT2D eigenvalue weighted by Gasteiger charge is 2.26. The molecule has 2 N–H and O–H groups in total. The van der Waals surface area contributed by atoms with Crippen LogP contribution < -0.4 is 15.4 Å². The zero-order valence-electron chi connectivity index (χ0n) is 24.5. The van der Waals surface area contributed by atoms with Gasteiger partial charge in [0.25, 0.3) is 0 Å². The maximum Gasteiger partial charge on any atom is 0.246 e. The number of nitrogens with one attached hydrogen (secondary N) is 2. The molecule has 1 aromatic carbocycles. The van der Waals surface area contributed by atoms with Gasteiger partial charge in [0.05, 0.1) is 24.4 Å². The second kappa shape index (κ2) is 15.4. The van der Waals surface area contributed by atoms with E-state index in [2.05, 4.69) is 38.5 Å². The largest absolute Gasteiger partial charge is 0.477 e. The monoisotopic (exact) mass is 557 g/mol. The van der Waals surface area contributed by atoms with Crippen LogP contribution in [-0.4, -0.2) is 78.0 Å². The summed E-state index contributed by atoms with van der Waals surface area (Å²) in [6.45, 7) is 4.71. The molecule has 1 fully saturated rings. The average molecular weight is 558 g/mol. The third-order valence-electron chi connectivity index (χ3n) is 6.78. The van der Waals surface area contributed by atoms with E-state index in [4.69, 9.17) is 10.00 Å². The Hall–Kier alpha value is -4.41. The first kappa shape index (κ1) is 31.1. The molecular weight excluding hydrogens is 518 g/mol. The molecule has 10 nitrogen and oxygen atoms in total. The van der Waals surface area contributed by atoms with Crippen molar-refractivity contribution in [3.63, 3.8) is 0 Å². The zero-order valence-corrected chi connectivity index (χ0v) is 24.5. The van der Waals surface area contributed by atoms with Crippen molar-refractivity contribution in [2.75, 3.05) is 39.6 Å². The van der Waals surface area contributed by atoms with Crippen molar-refractivity contribution in [3.05, 3.63) is 53.7 Å². The molecule has 1 saturated carbocycles. The molecule has 41 heavy (non-hydrogen) atoms. The Balaban J connectivity index is 1.61. The summed E-state index contributed by atoms with van der Waals surface area (Å²) in [5, 5.41) is 15.2. The number of ether oxygens (including phenoxy) is 1. The van der Waals surface area contributed by atoms with Crippen LogP contribution in [0.3, 0.4) is 0 Å². The van der Waals surface area contributed by atoms with Crippen molar-refractivity contribution in [1.29, 1.82) is 5.26 Å². The quantitative estimate of drug-likeness (QED) is 0.336. The van der Waals surface area contributed by atoms with Crippen molar-refractivity contribution in [2.24, 2.45) is 5.92 Å². The summed E-state index contributed by atoms with van der Waals surface area (Å²) in [4.78, 5) is 37.6. The number of hydrogen-bond acceptors (Lipinski definition) is 8. The number of carbonyl (C=O) groups excluding carboxylic acids is 2. The number of nitrogens with zero attached hydrogens (tertiary/aromatic N) is 5. The van der Waals surface area contributed by atoms with Gasteiger partial charge in [-0.1, -0.05) is 24.3 Å². The number of aromatic nitrogens is 2. The minimum absolute atomic E-state index is 0.00704. The van der Waals surface area contributed by atoms with E-state index < -0.39 is 6.04 Å². The Morgan fingerprint density at radius 3 is 2.66 bits per heavy atom. The van der Waals surface area contributed by atoms with Crippen molar-refractivity contribution >= 4 is 23.5 Å². The van der Waals surface area contributed by atoms with E-state index in [-0.39, 0.29) is 23.8 Å². The van der Waals surface area contributed by atoms with Gasteiger partial charge in [-0.25, -0.2) is 4.98 Å². The fourth-order valence-electron chi connectivity index (χ4n) is 4.32. The lowest BCUT2D eigenvalue weighted by molar-refractivity contribution is -0.135. The highest BCUT2D eigenvalue weighted by molar-refractivity contribution is 5.92. The van der Waals surface area contributed by atoms with E-state index in [0.717, 1.165) is 31.4 Å². The fourth-order valence-corrected chi connectivity index (χ4v) is 4.32. The zero-order chi connectivity index (χ0) is 29.8. The lowest BCUT2D eigenvalue weighted by Gasteiger charge is -2.30. The Bertz CT molecular complexity index is 1320. The minimum Gasteiger partial charge on any atom is -0.477 e. The highest BCUT2D eigenvalue weighted by atomic mass is 16.5. The topological polar surface area (TPSA) is 123 Å². The minimum atomic E-state index is -0.583. The summed E-state index contributed by atoms with van der Waals surface area (Å²) >= 11 is 0. The number of rotatable bonds is 10. The van der Waals surface area contributed by atoms with Crippen molar-refractivity contribution in [2.45, 2.75) is 51.6 Å². The predicted octanol–water partition coefficient (Wildman–Crippen LogP) is 3.48. The highest BCUT2D eigenvalue weighted by Crippen LogP contribution is 2.25. The molecule has 2 amide bonds. The second-order valence-corrected chi connectivity index (χ2v) is 10.3. The van der Waals surface area contributed by atoms with Gasteiger partial charge in [0.2, 0.25) is 23.6 Å². The molecule has 2 aromatic rings. The summed E-state index contributed by atoms with van der Waals surface area (Å²) in [6, 6.07) is 8.51. The molecule has 1 heterocycles. The van der Waals surface area contributed by atoms with Crippen LogP contribution in [0.1, 0.15) is 50.7 Å². The van der Waals surface area contributed by atoms with E-state index in [0.29, 0.717) is 36.1 Å². The number of nitriles is 1. The van der Waals surface area contributed by atoms with E-state index in [1.54, 1.807) is 50.5 Å². The van der Waals surface area contributed by atoms with Gasteiger partial charge < -0.3 is 25.2 Å². The van der Waals surface area contributed by atoms with Gasteiger partial charge in [-0.15, -0.1) is 0 Å². The van der Waals surface area contributed by atoms with Crippen molar-refractivity contribution in [1.82, 2.24) is 25.1 Å². The first-order valence-corrected chi connectivity index (χ1v) is 13.9. The Morgan fingerprint density at radius 2 is 1.98 bits per heavy atom. The maximum absolute atomic E-state index is 12.9. The molecule has 1 aromatic heterocycles. The molecule has 0 saturated heterocycles. The molecule has 0 aliphatic heterocycles. The van der Waals surface area contributed by atoms with Crippen LogP contribution in [0.4, 0.5) is 11.6 Å². The lowest BCUT2D eigenvalue weighted by atomic mass is 9.86. The fraction of sp³-hybridized carbons (Fsp3) is 0.452. The number of likely N-dealkylation sites (N-methyl/N-ethyl adjacent to an activating group) is 2. The Morgan fingerprint density at radius 1 is 1.22 bits per heavy atom. The lowest BCUT2D eigenvalue weighted by Crippen LogP contribution is -2.49. The number of carbonyl (C=O) groups is 2. The van der Waals surface area contributed by atoms with Crippen LogP contribution >= 0.6 is 0 Å². The molecule has 0 radical (unpaired) electrons. The molecular formula is C31H39N7O3. The van der Waals surface area contributed by atoms with E-state index in [9.17, 15) is 9.59 Å². The Kier molecular flexibility index (Phi) is 11.7. The molecule has 0 spiro atoms. The van der Waals surface area contributed by atoms with Gasteiger partial charge in [-0.05, 0) is 71.5 Å². The van der Waals surface area contributed by atoms with E-state index >= 15 is 0 Å². The average Bonchev–Trinajstić information content (AvgIpc) is 2.96. The summed E-state index contributed by atoms with van der Waals surface area (Å²) in [6.07, 6.45) is 8.42. The number of benzene rings is 1. The SMILES string of the molecule is CCOc1nc(Nc2ccc(C#N)cc2)ncc1C#C[C@@H]1CCC[C@H](NC(=O)[C@H](C)N(C)C(=O)/C=C/CN(C)C)C1.